The van der Waals surface area contributed by atoms with Crippen LogP contribution >= 0.6 is 0 Å². The second-order valence-corrected chi connectivity index (χ2v) is 9.51. The fourth-order valence-electron chi connectivity index (χ4n) is 4.81. The van der Waals surface area contributed by atoms with Crippen molar-refractivity contribution in [2.45, 2.75) is 25.9 Å². The maximum absolute atomic E-state index is 6.10. The van der Waals surface area contributed by atoms with Crippen molar-refractivity contribution >= 4 is 0 Å². The molecular weight excluding hydrogens is 444 g/mol. The first-order valence-corrected chi connectivity index (χ1v) is 12.9. The third-order valence-electron chi connectivity index (χ3n) is 6.48. The summed E-state index contributed by atoms with van der Waals surface area (Å²) in [4.78, 5) is 2.56. The Morgan fingerprint density at radius 3 is 1.67 bits per heavy atom. The lowest BCUT2D eigenvalue weighted by atomic mass is 9.98. The van der Waals surface area contributed by atoms with Crippen molar-refractivity contribution in [3.8, 4) is 23.0 Å². The monoisotopic (exact) mass is 478 g/mol. The first kappa shape index (κ1) is 24.1. The van der Waals surface area contributed by atoms with Crippen LogP contribution in [0.5, 0.6) is 23.0 Å². The maximum Gasteiger partial charge on any atom is 0.127 e. The molecule has 4 heteroatoms. The van der Waals surface area contributed by atoms with Crippen LogP contribution in [0.15, 0.2) is 109 Å². The van der Waals surface area contributed by atoms with Crippen molar-refractivity contribution in [3.05, 3.63) is 120 Å². The molecule has 1 fully saturated rings. The van der Waals surface area contributed by atoms with Crippen LogP contribution in [0.1, 0.15) is 24.0 Å². The second kappa shape index (κ2) is 12.4. The molecule has 4 nitrogen and oxygen atoms in total. The summed E-state index contributed by atoms with van der Waals surface area (Å²) < 4.78 is 12.2. The van der Waals surface area contributed by atoms with Crippen LogP contribution in [-0.4, -0.2) is 24.5 Å². The third-order valence-corrected chi connectivity index (χ3v) is 6.48. The SMILES string of the molecule is c1ccc(Oc2cccc(CN(Cc3cccc(Oc4ccccc4)c3)CC3CCCNC3)c2)cc1. The molecule has 1 aliphatic heterocycles. The first-order valence-electron chi connectivity index (χ1n) is 12.9. The van der Waals surface area contributed by atoms with Gasteiger partial charge in [-0.15, -0.1) is 0 Å². The molecule has 36 heavy (non-hydrogen) atoms. The number of nitrogens with one attached hydrogen (secondary N) is 1. The van der Waals surface area contributed by atoms with Crippen LogP contribution in [0.25, 0.3) is 0 Å². The quantitative estimate of drug-likeness (QED) is 0.260. The predicted octanol–water partition coefficient (Wildman–Crippen LogP) is 7.27. The van der Waals surface area contributed by atoms with Gasteiger partial charge in [-0.3, -0.25) is 4.90 Å². The Hall–Kier alpha value is -3.60. The van der Waals surface area contributed by atoms with E-state index in [2.05, 4.69) is 46.6 Å². The Bertz CT molecular complexity index is 1120. The molecule has 0 aromatic heterocycles. The summed E-state index contributed by atoms with van der Waals surface area (Å²) >= 11 is 0. The summed E-state index contributed by atoms with van der Waals surface area (Å²) in [5, 5.41) is 3.57. The Kier molecular flexibility index (Phi) is 8.30. The molecule has 1 atom stereocenters. The molecule has 1 saturated heterocycles. The fourth-order valence-corrected chi connectivity index (χ4v) is 4.81. The molecule has 184 valence electrons. The van der Waals surface area contributed by atoms with Gasteiger partial charge in [-0.1, -0.05) is 60.7 Å². The van der Waals surface area contributed by atoms with Gasteiger partial charge in [-0.2, -0.15) is 0 Å². The lowest BCUT2D eigenvalue weighted by molar-refractivity contribution is 0.193. The molecule has 4 aromatic carbocycles. The smallest absolute Gasteiger partial charge is 0.127 e. The molecule has 1 heterocycles. The van der Waals surface area contributed by atoms with Crippen LogP contribution in [-0.2, 0) is 13.1 Å². The highest BCUT2D eigenvalue weighted by molar-refractivity contribution is 5.35. The number of nitrogens with zero attached hydrogens (tertiary/aromatic N) is 1. The molecule has 0 bridgehead atoms. The molecule has 1 aliphatic rings. The van der Waals surface area contributed by atoms with Gasteiger partial charge in [0.05, 0.1) is 0 Å². The Morgan fingerprint density at radius 2 is 1.17 bits per heavy atom. The van der Waals surface area contributed by atoms with Gasteiger partial charge >= 0.3 is 0 Å². The molecule has 5 rings (SSSR count). The predicted molar refractivity (Wildman–Crippen MR) is 146 cm³/mol. The van der Waals surface area contributed by atoms with E-state index in [1.54, 1.807) is 0 Å². The van der Waals surface area contributed by atoms with E-state index in [4.69, 9.17) is 9.47 Å². The summed E-state index contributed by atoms with van der Waals surface area (Å²) in [5.74, 6) is 4.11. The zero-order valence-corrected chi connectivity index (χ0v) is 20.7. The van der Waals surface area contributed by atoms with E-state index in [9.17, 15) is 0 Å². The van der Waals surface area contributed by atoms with Crippen LogP contribution in [0.2, 0.25) is 0 Å². The maximum atomic E-state index is 6.10. The highest BCUT2D eigenvalue weighted by atomic mass is 16.5. The summed E-state index contributed by atoms with van der Waals surface area (Å²) in [5.41, 5.74) is 2.51. The molecule has 0 saturated carbocycles. The van der Waals surface area contributed by atoms with E-state index in [1.807, 2.05) is 72.8 Å². The normalized spacial score (nSPS) is 15.5. The highest BCUT2D eigenvalue weighted by Gasteiger charge is 2.18. The van der Waals surface area contributed by atoms with E-state index >= 15 is 0 Å². The molecular formula is C32H34N2O2. The molecule has 4 aromatic rings. The average molecular weight is 479 g/mol. The molecule has 1 N–H and O–H groups in total. The fraction of sp³-hybridized carbons (Fsp3) is 0.250. The lowest BCUT2D eigenvalue weighted by Gasteiger charge is -2.30. The van der Waals surface area contributed by atoms with Gasteiger partial charge in [-0.05, 0) is 91.5 Å². The van der Waals surface area contributed by atoms with Gasteiger partial charge in [0, 0.05) is 19.6 Å². The van der Waals surface area contributed by atoms with E-state index in [0.717, 1.165) is 55.7 Å². The first-order chi connectivity index (χ1) is 17.8. The van der Waals surface area contributed by atoms with Crippen molar-refractivity contribution in [1.29, 1.82) is 0 Å². The minimum Gasteiger partial charge on any atom is -0.457 e. The summed E-state index contributed by atoms with van der Waals surface area (Å²) in [7, 11) is 0. The standard InChI is InChI=1S/C32H34N2O2/c1-3-13-29(14-4-1)35-31-17-7-10-26(20-31)23-34(25-28-12-9-19-33-22-28)24-27-11-8-18-32(21-27)36-30-15-5-2-6-16-30/h1-8,10-11,13-18,20-21,28,33H,9,12,19,22-25H2. The zero-order valence-electron chi connectivity index (χ0n) is 20.7. The van der Waals surface area contributed by atoms with Crippen molar-refractivity contribution in [3.63, 3.8) is 0 Å². The Morgan fingerprint density at radius 1 is 0.639 bits per heavy atom. The van der Waals surface area contributed by atoms with E-state index < -0.39 is 0 Å². The molecule has 0 radical (unpaired) electrons. The number of hydrogen-bond donors (Lipinski definition) is 1. The number of piperidine rings is 1. The van der Waals surface area contributed by atoms with Gasteiger partial charge in [0.15, 0.2) is 0 Å². The van der Waals surface area contributed by atoms with Gasteiger partial charge < -0.3 is 14.8 Å². The summed E-state index contributed by atoms with van der Waals surface area (Å²) in [6, 6.07) is 36.9. The Labute approximate surface area is 214 Å². The molecule has 1 unspecified atom stereocenters. The average Bonchev–Trinajstić information content (AvgIpc) is 2.91. The second-order valence-electron chi connectivity index (χ2n) is 9.51. The van der Waals surface area contributed by atoms with Gasteiger partial charge in [-0.25, -0.2) is 0 Å². The highest BCUT2D eigenvalue weighted by Crippen LogP contribution is 2.25. The van der Waals surface area contributed by atoms with E-state index in [-0.39, 0.29) is 0 Å². The molecule has 0 aliphatic carbocycles. The lowest BCUT2D eigenvalue weighted by Crippen LogP contribution is -2.37. The summed E-state index contributed by atoms with van der Waals surface area (Å²) in [6.07, 6.45) is 2.52. The van der Waals surface area contributed by atoms with Crippen LogP contribution < -0.4 is 14.8 Å². The summed E-state index contributed by atoms with van der Waals surface area (Å²) in [6.45, 7) is 5.01. The number of rotatable bonds is 10. The Balaban J connectivity index is 1.30. The largest absolute Gasteiger partial charge is 0.457 e. The number of hydrogen-bond acceptors (Lipinski definition) is 4. The van der Waals surface area contributed by atoms with Crippen molar-refractivity contribution in [2.24, 2.45) is 5.92 Å². The van der Waals surface area contributed by atoms with Crippen molar-refractivity contribution < 1.29 is 9.47 Å². The number of ether oxygens (including phenoxy) is 2. The molecule has 0 spiro atoms. The van der Waals surface area contributed by atoms with Crippen LogP contribution in [0.4, 0.5) is 0 Å². The van der Waals surface area contributed by atoms with Gasteiger partial charge in [0.2, 0.25) is 0 Å². The van der Waals surface area contributed by atoms with E-state index in [1.165, 1.54) is 24.0 Å². The third kappa shape index (κ3) is 7.20. The van der Waals surface area contributed by atoms with E-state index in [0.29, 0.717) is 5.92 Å². The zero-order chi connectivity index (χ0) is 24.4. The van der Waals surface area contributed by atoms with Gasteiger partial charge in [0.25, 0.3) is 0 Å². The number of para-hydroxylation sites is 2. The van der Waals surface area contributed by atoms with Crippen molar-refractivity contribution in [1.82, 2.24) is 10.2 Å². The minimum atomic E-state index is 0.659. The number of benzene rings is 4. The van der Waals surface area contributed by atoms with Crippen LogP contribution in [0.3, 0.4) is 0 Å². The van der Waals surface area contributed by atoms with Gasteiger partial charge in [0.1, 0.15) is 23.0 Å². The molecule has 0 amide bonds. The minimum absolute atomic E-state index is 0.659. The topological polar surface area (TPSA) is 33.7 Å². The van der Waals surface area contributed by atoms with Crippen molar-refractivity contribution in [2.75, 3.05) is 19.6 Å². The van der Waals surface area contributed by atoms with Crippen LogP contribution in [0, 0.1) is 5.92 Å².